The molecule has 4 nitrogen and oxygen atoms in total. The van der Waals surface area contributed by atoms with Crippen molar-refractivity contribution >= 4 is 17.3 Å². The van der Waals surface area contributed by atoms with Crippen molar-refractivity contribution in [2.24, 2.45) is 0 Å². The fourth-order valence-electron chi connectivity index (χ4n) is 2.24. The summed E-state index contributed by atoms with van der Waals surface area (Å²) in [6.07, 6.45) is 1.65. The van der Waals surface area contributed by atoms with Gasteiger partial charge in [-0.1, -0.05) is 32.0 Å². The number of rotatable bonds is 5. The van der Waals surface area contributed by atoms with E-state index in [0.29, 0.717) is 11.6 Å². The molecular weight excluding hydrogens is 274 g/mol. The number of para-hydroxylation sites is 1. The van der Waals surface area contributed by atoms with E-state index >= 15 is 0 Å². The van der Waals surface area contributed by atoms with E-state index < -0.39 is 0 Å². The Kier molecular flexibility index (Phi) is 5.15. The van der Waals surface area contributed by atoms with E-state index in [9.17, 15) is 4.79 Å². The largest absolute Gasteiger partial charge is 0.355 e. The predicted octanol–water partition coefficient (Wildman–Crippen LogP) is 4.09. The fraction of sp³-hybridized carbons (Fsp3) is 0.333. The summed E-state index contributed by atoms with van der Waals surface area (Å²) in [5.41, 5.74) is 3.57. The maximum absolute atomic E-state index is 12.0. The molecule has 22 heavy (non-hydrogen) atoms. The van der Waals surface area contributed by atoms with Gasteiger partial charge < -0.3 is 10.6 Å². The van der Waals surface area contributed by atoms with Crippen molar-refractivity contribution in [3.8, 4) is 0 Å². The SMILES string of the molecule is CC(C)NC(=O)c1cc(Nc2ccccc2C(C)C)ccn1. The molecule has 1 amide bonds. The third kappa shape index (κ3) is 4.07. The van der Waals surface area contributed by atoms with E-state index in [1.54, 1.807) is 12.3 Å². The topological polar surface area (TPSA) is 54.0 Å². The first kappa shape index (κ1) is 16.0. The Morgan fingerprint density at radius 2 is 1.82 bits per heavy atom. The number of carbonyl (C=O) groups is 1. The van der Waals surface area contributed by atoms with Crippen LogP contribution in [-0.4, -0.2) is 16.9 Å². The van der Waals surface area contributed by atoms with Crippen molar-refractivity contribution in [1.29, 1.82) is 0 Å². The molecule has 0 aliphatic heterocycles. The normalized spacial score (nSPS) is 10.8. The van der Waals surface area contributed by atoms with Gasteiger partial charge in [0.25, 0.3) is 5.91 Å². The lowest BCUT2D eigenvalue weighted by Gasteiger charge is -2.15. The minimum absolute atomic E-state index is 0.0904. The monoisotopic (exact) mass is 297 g/mol. The second-order valence-electron chi connectivity index (χ2n) is 5.92. The summed E-state index contributed by atoms with van der Waals surface area (Å²) in [6, 6.07) is 11.9. The molecule has 0 fully saturated rings. The smallest absolute Gasteiger partial charge is 0.270 e. The highest BCUT2D eigenvalue weighted by molar-refractivity contribution is 5.93. The van der Waals surface area contributed by atoms with Crippen LogP contribution < -0.4 is 10.6 Å². The average molecular weight is 297 g/mol. The number of anilines is 2. The van der Waals surface area contributed by atoms with Gasteiger partial charge in [0.2, 0.25) is 0 Å². The first-order valence-electron chi connectivity index (χ1n) is 7.60. The van der Waals surface area contributed by atoms with Crippen LogP contribution in [-0.2, 0) is 0 Å². The van der Waals surface area contributed by atoms with Crippen LogP contribution in [0.4, 0.5) is 11.4 Å². The van der Waals surface area contributed by atoms with Crippen molar-refractivity contribution in [2.75, 3.05) is 5.32 Å². The number of hydrogen-bond acceptors (Lipinski definition) is 3. The number of nitrogens with zero attached hydrogens (tertiary/aromatic N) is 1. The molecule has 0 unspecified atom stereocenters. The van der Waals surface area contributed by atoms with Gasteiger partial charge in [0.1, 0.15) is 5.69 Å². The van der Waals surface area contributed by atoms with E-state index in [2.05, 4.69) is 35.5 Å². The van der Waals surface area contributed by atoms with E-state index in [-0.39, 0.29) is 11.9 Å². The molecule has 0 saturated heterocycles. The molecule has 0 atom stereocenters. The molecule has 2 aromatic rings. The molecule has 1 heterocycles. The van der Waals surface area contributed by atoms with Gasteiger partial charge in [0, 0.05) is 23.6 Å². The van der Waals surface area contributed by atoms with Crippen molar-refractivity contribution in [3.63, 3.8) is 0 Å². The first-order valence-corrected chi connectivity index (χ1v) is 7.60. The number of aromatic nitrogens is 1. The lowest BCUT2D eigenvalue weighted by atomic mass is 10.0. The summed E-state index contributed by atoms with van der Waals surface area (Å²) in [5.74, 6) is 0.269. The van der Waals surface area contributed by atoms with Crippen molar-refractivity contribution < 1.29 is 4.79 Å². The molecule has 0 radical (unpaired) electrons. The van der Waals surface area contributed by atoms with E-state index in [1.165, 1.54) is 5.56 Å². The molecule has 1 aromatic heterocycles. The number of hydrogen-bond donors (Lipinski definition) is 2. The minimum atomic E-state index is -0.157. The van der Waals surface area contributed by atoms with Crippen LogP contribution in [0.5, 0.6) is 0 Å². The van der Waals surface area contributed by atoms with Crippen LogP contribution in [0.25, 0.3) is 0 Å². The lowest BCUT2D eigenvalue weighted by Crippen LogP contribution is -2.30. The van der Waals surface area contributed by atoms with Gasteiger partial charge in [0.15, 0.2) is 0 Å². The van der Waals surface area contributed by atoms with Crippen molar-refractivity contribution in [2.45, 2.75) is 39.7 Å². The Bertz CT molecular complexity index is 650. The molecule has 2 rings (SSSR count). The number of nitrogens with one attached hydrogen (secondary N) is 2. The Balaban J connectivity index is 2.23. The number of benzene rings is 1. The molecule has 4 heteroatoms. The van der Waals surface area contributed by atoms with Gasteiger partial charge in [-0.2, -0.15) is 0 Å². The quantitative estimate of drug-likeness (QED) is 0.874. The summed E-state index contributed by atoms with van der Waals surface area (Å²) < 4.78 is 0. The molecule has 0 bridgehead atoms. The zero-order chi connectivity index (χ0) is 16.1. The Hall–Kier alpha value is -2.36. The number of amides is 1. The van der Waals surface area contributed by atoms with Crippen molar-refractivity contribution in [3.05, 3.63) is 53.9 Å². The molecule has 0 spiro atoms. The molecule has 116 valence electrons. The van der Waals surface area contributed by atoms with Crippen LogP contribution in [0.1, 0.15) is 49.7 Å². The highest BCUT2D eigenvalue weighted by Crippen LogP contribution is 2.26. The maximum atomic E-state index is 12.0. The summed E-state index contributed by atoms with van der Waals surface area (Å²) in [4.78, 5) is 16.2. The molecule has 0 aliphatic rings. The minimum Gasteiger partial charge on any atom is -0.355 e. The lowest BCUT2D eigenvalue weighted by molar-refractivity contribution is 0.0938. The Morgan fingerprint density at radius 1 is 1.09 bits per heavy atom. The highest BCUT2D eigenvalue weighted by atomic mass is 16.1. The molecular formula is C18H23N3O. The van der Waals surface area contributed by atoms with Gasteiger partial charge >= 0.3 is 0 Å². The van der Waals surface area contributed by atoms with Gasteiger partial charge in [-0.25, -0.2) is 0 Å². The van der Waals surface area contributed by atoms with Crippen LogP contribution in [0.2, 0.25) is 0 Å². The Labute approximate surface area is 132 Å². The van der Waals surface area contributed by atoms with Gasteiger partial charge in [-0.3, -0.25) is 9.78 Å². The first-order chi connectivity index (χ1) is 10.5. The van der Waals surface area contributed by atoms with Crippen LogP contribution in [0.3, 0.4) is 0 Å². The zero-order valence-corrected chi connectivity index (χ0v) is 13.6. The van der Waals surface area contributed by atoms with Gasteiger partial charge in [-0.05, 0) is 43.5 Å². The van der Waals surface area contributed by atoms with Crippen molar-refractivity contribution in [1.82, 2.24) is 10.3 Å². The average Bonchev–Trinajstić information content (AvgIpc) is 2.47. The number of pyridine rings is 1. The summed E-state index contributed by atoms with van der Waals surface area (Å²) in [6.45, 7) is 8.18. The molecule has 2 N–H and O–H groups in total. The Morgan fingerprint density at radius 3 is 2.50 bits per heavy atom. The van der Waals surface area contributed by atoms with Gasteiger partial charge in [0.05, 0.1) is 0 Å². The third-order valence-corrected chi connectivity index (χ3v) is 3.27. The second-order valence-corrected chi connectivity index (χ2v) is 5.92. The van der Waals surface area contributed by atoms with Crippen LogP contribution in [0.15, 0.2) is 42.6 Å². The third-order valence-electron chi connectivity index (χ3n) is 3.27. The zero-order valence-electron chi connectivity index (χ0n) is 13.6. The molecule has 1 aromatic carbocycles. The number of carbonyl (C=O) groups excluding carboxylic acids is 1. The van der Waals surface area contributed by atoms with Crippen LogP contribution >= 0.6 is 0 Å². The summed E-state index contributed by atoms with van der Waals surface area (Å²) >= 11 is 0. The standard InChI is InChI=1S/C18H23N3O/c1-12(2)15-7-5-6-8-16(15)21-14-9-10-19-17(11-14)18(22)20-13(3)4/h5-13H,1-4H3,(H,19,21)(H,20,22). The fourth-order valence-corrected chi connectivity index (χ4v) is 2.24. The van der Waals surface area contributed by atoms with Crippen LogP contribution in [0, 0.1) is 0 Å². The summed E-state index contributed by atoms with van der Waals surface area (Å²) in [7, 11) is 0. The maximum Gasteiger partial charge on any atom is 0.270 e. The van der Waals surface area contributed by atoms with Gasteiger partial charge in [-0.15, -0.1) is 0 Å². The highest BCUT2D eigenvalue weighted by Gasteiger charge is 2.10. The van der Waals surface area contributed by atoms with E-state index in [0.717, 1.165) is 11.4 Å². The predicted molar refractivity (Wildman–Crippen MR) is 90.7 cm³/mol. The van der Waals surface area contributed by atoms with E-state index in [1.807, 2.05) is 38.1 Å². The van der Waals surface area contributed by atoms with E-state index in [4.69, 9.17) is 0 Å². The second kappa shape index (κ2) is 7.07. The molecule has 0 aliphatic carbocycles. The molecule has 0 saturated carbocycles. The summed E-state index contributed by atoms with van der Waals surface area (Å²) in [5, 5.41) is 6.23.